The first-order valence-corrected chi connectivity index (χ1v) is 6.96. The topological polar surface area (TPSA) is 63.2 Å². The molecule has 0 saturated carbocycles. The van der Waals surface area contributed by atoms with Gasteiger partial charge in [0.1, 0.15) is 0 Å². The molecular formula is C13H25N5O. The maximum absolute atomic E-state index is 5.15. The predicted molar refractivity (Wildman–Crippen MR) is 77.9 cm³/mol. The molecule has 1 rings (SSSR count). The molecule has 1 unspecified atom stereocenters. The van der Waals surface area contributed by atoms with Crippen molar-refractivity contribution in [1.29, 1.82) is 0 Å². The smallest absolute Gasteiger partial charge is 0.322 e. The highest BCUT2D eigenvalue weighted by atomic mass is 16.5. The van der Waals surface area contributed by atoms with Gasteiger partial charge < -0.3 is 15.0 Å². The van der Waals surface area contributed by atoms with Crippen molar-refractivity contribution >= 4 is 11.9 Å². The predicted octanol–water partition coefficient (Wildman–Crippen LogP) is 2.33. The van der Waals surface area contributed by atoms with E-state index in [1.165, 1.54) is 0 Å². The van der Waals surface area contributed by atoms with Gasteiger partial charge in [0.05, 0.1) is 7.11 Å². The van der Waals surface area contributed by atoms with Crippen molar-refractivity contribution in [2.75, 3.05) is 30.4 Å². The van der Waals surface area contributed by atoms with Crippen molar-refractivity contribution in [3.8, 4) is 6.01 Å². The Kier molecular flexibility index (Phi) is 6.32. The summed E-state index contributed by atoms with van der Waals surface area (Å²) < 4.78 is 5.15. The number of nitrogens with zero attached hydrogens (tertiary/aromatic N) is 4. The summed E-state index contributed by atoms with van der Waals surface area (Å²) in [5.74, 6) is 1.24. The average Bonchev–Trinajstić information content (AvgIpc) is 2.45. The zero-order valence-electron chi connectivity index (χ0n) is 12.6. The molecule has 0 saturated heterocycles. The third-order valence-electron chi connectivity index (χ3n) is 3.04. The Labute approximate surface area is 115 Å². The number of methoxy groups -OCH3 is 1. The Bertz CT molecular complexity index is 385. The van der Waals surface area contributed by atoms with Crippen LogP contribution in [0.25, 0.3) is 0 Å². The lowest BCUT2D eigenvalue weighted by atomic mass is 10.2. The quantitative estimate of drug-likeness (QED) is 0.780. The fourth-order valence-electron chi connectivity index (χ4n) is 1.75. The van der Waals surface area contributed by atoms with Crippen LogP contribution < -0.4 is 15.0 Å². The van der Waals surface area contributed by atoms with Gasteiger partial charge in [-0.25, -0.2) is 0 Å². The fraction of sp³-hybridized carbons (Fsp3) is 0.769. The zero-order valence-corrected chi connectivity index (χ0v) is 12.6. The molecule has 6 heteroatoms. The lowest BCUT2D eigenvalue weighted by molar-refractivity contribution is 0.378. The molecule has 0 aliphatic rings. The number of hydrogen-bond donors (Lipinski definition) is 1. The molecule has 1 atom stereocenters. The maximum Gasteiger partial charge on any atom is 0.322 e. The van der Waals surface area contributed by atoms with Gasteiger partial charge in [0.2, 0.25) is 11.9 Å². The van der Waals surface area contributed by atoms with Crippen LogP contribution in [0.4, 0.5) is 11.9 Å². The molecule has 108 valence electrons. The van der Waals surface area contributed by atoms with E-state index in [1.54, 1.807) is 7.11 Å². The molecule has 0 fully saturated rings. The Morgan fingerprint density at radius 3 is 2.47 bits per heavy atom. The monoisotopic (exact) mass is 267 g/mol. The summed E-state index contributed by atoms with van der Waals surface area (Å²) in [6.07, 6.45) is 2.06. The minimum Gasteiger partial charge on any atom is -0.467 e. The van der Waals surface area contributed by atoms with E-state index in [-0.39, 0.29) is 0 Å². The molecule has 6 nitrogen and oxygen atoms in total. The van der Waals surface area contributed by atoms with Gasteiger partial charge in [-0.05, 0) is 26.7 Å². The van der Waals surface area contributed by atoms with Gasteiger partial charge in [-0.15, -0.1) is 0 Å². The van der Waals surface area contributed by atoms with Crippen LogP contribution in [0.15, 0.2) is 0 Å². The minimum atomic E-state index is 0.352. The normalized spacial score (nSPS) is 12.1. The van der Waals surface area contributed by atoms with E-state index < -0.39 is 0 Å². The number of aromatic nitrogens is 3. The van der Waals surface area contributed by atoms with E-state index in [1.807, 2.05) is 0 Å². The standard InChI is InChI=1S/C13H25N5O/c1-6-9-14-11-15-12(17-13(16-11)19-5)18(8-3)10(4)7-2/h10H,6-9H2,1-5H3,(H,14,15,16,17). The summed E-state index contributed by atoms with van der Waals surface area (Å²) in [4.78, 5) is 15.2. The summed E-state index contributed by atoms with van der Waals surface area (Å²) in [5.41, 5.74) is 0. The van der Waals surface area contributed by atoms with Crippen LogP contribution in [-0.4, -0.2) is 41.2 Å². The molecule has 0 bridgehead atoms. The van der Waals surface area contributed by atoms with Crippen LogP contribution in [0.3, 0.4) is 0 Å². The Hall–Kier alpha value is -1.59. The van der Waals surface area contributed by atoms with Gasteiger partial charge >= 0.3 is 6.01 Å². The molecule has 1 N–H and O–H groups in total. The first-order chi connectivity index (χ1) is 9.15. The lowest BCUT2D eigenvalue weighted by Gasteiger charge is -2.27. The van der Waals surface area contributed by atoms with Gasteiger partial charge in [0.25, 0.3) is 0 Å². The number of hydrogen-bond acceptors (Lipinski definition) is 6. The number of anilines is 2. The lowest BCUT2D eigenvalue weighted by Crippen LogP contribution is -2.34. The van der Waals surface area contributed by atoms with Crippen LogP contribution in [0.5, 0.6) is 6.01 Å². The van der Waals surface area contributed by atoms with Crippen molar-refractivity contribution in [3.63, 3.8) is 0 Å². The third-order valence-corrected chi connectivity index (χ3v) is 3.04. The Morgan fingerprint density at radius 2 is 1.95 bits per heavy atom. The van der Waals surface area contributed by atoms with Gasteiger partial charge in [0.15, 0.2) is 0 Å². The van der Waals surface area contributed by atoms with Gasteiger partial charge in [-0.2, -0.15) is 15.0 Å². The molecule has 0 aromatic carbocycles. The second-order valence-corrected chi connectivity index (χ2v) is 4.42. The highest BCUT2D eigenvalue weighted by molar-refractivity contribution is 5.39. The van der Waals surface area contributed by atoms with Crippen molar-refractivity contribution in [3.05, 3.63) is 0 Å². The molecular weight excluding hydrogens is 242 g/mol. The van der Waals surface area contributed by atoms with Gasteiger partial charge in [0, 0.05) is 19.1 Å². The van der Waals surface area contributed by atoms with Crippen LogP contribution in [-0.2, 0) is 0 Å². The molecule has 0 radical (unpaired) electrons. The van der Waals surface area contributed by atoms with Crippen molar-refractivity contribution in [2.24, 2.45) is 0 Å². The van der Waals surface area contributed by atoms with E-state index in [0.717, 1.165) is 25.9 Å². The molecule has 0 spiro atoms. The van der Waals surface area contributed by atoms with E-state index in [4.69, 9.17) is 4.74 Å². The van der Waals surface area contributed by atoms with Gasteiger partial charge in [-0.1, -0.05) is 13.8 Å². The van der Waals surface area contributed by atoms with Crippen molar-refractivity contribution in [2.45, 2.75) is 46.6 Å². The number of rotatable bonds is 8. The highest BCUT2D eigenvalue weighted by Crippen LogP contribution is 2.18. The summed E-state index contributed by atoms with van der Waals surface area (Å²) in [7, 11) is 1.57. The van der Waals surface area contributed by atoms with Crippen LogP contribution in [0, 0.1) is 0 Å². The summed E-state index contributed by atoms with van der Waals surface area (Å²) >= 11 is 0. The van der Waals surface area contributed by atoms with E-state index in [0.29, 0.717) is 23.9 Å². The third kappa shape index (κ3) is 4.22. The zero-order chi connectivity index (χ0) is 14.3. The second-order valence-electron chi connectivity index (χ2n) is 4.42. The maximum atomic E-state index is 5.15. The highest BCUT2D eigenvalue weighted by Gasteiger charge is 2.16. The summed E-state index contributed by atoms with van der Waals surface area (Å²) in [5, 5.41) is 3.18. The molecule has 0 aliphatic heterocycles. The van der Waals surface area contributed by atoms with Gasteiger partial charge in [-0.3, -0.25) is 0 Å². The summed E-state index contributed by atoms with van der Waals surface area (Å²) in [6, 6.07) is 0.737. The Balaban J connectivity index is 3.03. The SMILES string of the molecule is CCCNc1nc(OC)nc(N(CC)C(C)CC)n1. The molecule has 1 heterocycles. The minimum absolute atomic E-state index is 0.352. The first kappa shape index (κ1) is 15.5. The molecule has 0 aliphatic carbocycles. The van der Waals surface area contributed by atoms with Crippen molar-refractivity contribution < 1.29 is 4.74 Å². The number of ether oxygens (including phenoxy) is 1. The molecule has 1 aromatic rings. The van der Waals surface area contributed by atoms with Crippen LogP contribution in [0.2, 0.25) is 0 Å². The average molecular weight is 267 g/mol. The van der Waals surface area contributed by atoms with Crippen molar-refractivity contribution in [1.82, 2.24) is 15.0 Å². The Morgan fingerprint density at radius 1 is 1.21 bits per heavy atom. The van der Waals surface area contributed by atoms with E-state index in [2.05, 4.69) is 52.9 Å². The number of nitrogens with one attached hydrogen (secondary N) is 1. The molecule has 0 amide bonds. The fourth-order valence-corrected chi connectivity index (χ4v) is 1.75. The summed E-state index contributed by atoms with van der Waals surface area (Å²) in [6.45, 7) is 10.2. The largest absolute Gasteiger partial charge is 0.467 e. The molecule has 19 heavy (non-hydrogen) atoms. The second kappa shape index (κ2) is 7.76. The van der Waals surface area contributed by atoms with Crippen LogP contribution in [0.1, 0.15) is 40.5 Å². The van der Waals surface area contributed by atoms with E-state index in [9.17, 15) is 0 Å². The molecule has 1 aromatic heterocycles. The van der Waals surface area contributed by atoms with E-state index >= 15 is 0 Å². The van der Waals surface area contributed by atoms with Crippen LogP contribution >= 0.6 is 0 Å². The first-order valence-electron chi connectivity index (χ1n) is 6.96.